The van der Waals surface area contributed by atoms with Gasteiger partial charge in [0.15, 0.2) is 13.2 Å². The van der Waals surface area contributed by atoms with Crippen LogP contribution in [0.1, 0.15) is 46.0 Å². The Kier molecular flexibility index (Phi) is 9.47. The molecule has 0 aromatic heterocycles. The maximum atomic E-state index is 12.5. The van der Waals surface area contributed by atoms with Gasteiger partial charge in [0.25, 0.3) is 11.8 Å². The Hall–Kier alpha value is -2.57. The molecule has 7 heteroatoms. The Bertz CT molecular complexity index is 654. The number of para-hydroxylation sites is 1. The molecule has 1 fully saturated rings. The molecule has 29 heavy (non-hydrogen) atoms. The predicted octanol–water partition coefficient (Wildman–Crippen LogP) is 2.54. The maximum Gasteiger partial charge on any atom is 0.329 e. The molecular formula is C22H32N2O5. The van der Waals surface area contributed by atoms with Crippen molar-refractivity contribution in [3.63, 3.8) is 0 Å². The number of rotatable bonds is 8. The third-order valence-corrected chi connectivity index (χ3v) is 4.90. The fraction of sp³-hybridized carbons (Fsp3) is 0.591. The highest BCUT2D eigenvalue weighted by Crippen LogP contribution is 2.11. The summed E-state index contributed by atoms with van der Waals surface area (Å²) in [6.07, 6.45) is 5.41. The minimum absolute atomic E-state index is 0.179. The van der Waals surface area contributed by atoms with Gasteiger partial charge in [-0.15, -0.1) is 0 Å². The van der Waals surface area contributed by atoms with Crippen LogP contribution in [0.3, 0.4) is 0 Å². The number of carbonyl (C=O) groups is 3. The molecule has 1 aliphatic heterocycles. The van der Waals surface area contributed by atoms with Gasteiger partial charge in [-0.3, -0.25) is 9.59 Å². The third-order valence-electron chi connectivity index (χ3n) is 4.90. The van der Waals surface area contributed by atoms with Crippen molar-refractivity contribution < 1.29 is 23.9 Å². The predicted molar refractivity (Wildman–Crippen MR) is 109 cm³/mol. The normalized spacial score (nSPS) is 15.8. The molecule has 0 saturated carbocycles. The van der Waals surface area contributed by atoms with E-state index in [0.717, 1.165) is 25.7 Å². The fourth-order valence-corrected chi connectivity index (χ4v) is 3.19. The van der Waals surface area contributed by atoms with Crippen LogP contribution in [0, 0.1) is 5.92 Å². The second-order valence-electron chi connectivity index (χ2n) is 7.65. The number of hydrogen-bond donors (Lipinski definition) is 1. The van der Waals surface area contributed by atoms with Crippen LogP contribution in [0.15, 0.2) is 30.3 Å². The van der Waals surface area contributed by atoms with Crippen molar-refractivity contribution in [2.24, 2.45) is 5.92 Å². The van der Waals surface area contributed by atoms with Crippen molar-refractivity contribution in [1.82, 2.24) is 10.2 Å². The second kappa shape index (κ2) is 12.1. The number of likely N-dealkylation sites (tertiary alicyclic amines) is 1. The summed E-state index contributed by atoms with van der Waals surface area (Å²) in [6, 6.07) is 8.14. The van der Waals surface area contributed by atoms with Gasteiger partial charge in [0.1, 0.15) is 11.8 Å². The lowest BCUT2D eigenvalue weighted by molar-refractivity contribution is -0.155. The largest absolute Gasteiger partial charge is 0.484 e. The highest BCUT2D eigenvalue weighted by molar-refractivity contribution is 5.87. The van der Waals surface area contributed by atoms with E-state index >= 15 is 0 Å². The van der Waals surface area contributed by atoms with Gasteiger partial charge in [0.05, 0.1) is 0 Å². The zero-order valence-corrected chi connectivity index (χ0v) is 17.4. The summed E-state index contributed by atoms with van der Waals surface area (Å²) >= 11 is 0. The lowest BCUT2D eigenvalue weighted by atomic mass is 10.0. The van der Waals surface area contributed by atoms with Gasteiger partial charge < -0.3 is 19.7 Å². The topological polar surface area (TPSA) is 84.9 Å². The van der Waals surface area contributed by atoms with Gasteiger partial charge in [0, 0.05) is 13.1 Å². The molecule has 2 rings (SSSR count). The van der Waals surface area contributed by atoms with E-state index < -0.39 is 17.9 Å². The van der Waals surface area contributed by atoms with E-state index in [1.807, 2.05) is 32.0 Å². The monoisotopic (exact) mass is 404 g/mol. The molecule has 1 aromatic carbocycles. The van der Waals surface area contributed by atoms with Crippen molar-refractivity contribution in [3.8, 4) is 5.75 Å². The van der Waals surface area contributed by atoms with Gasteiger partial charge in [-0.1, -0.05) is 51.3 Å². The Morgan fingerprint density at radius 3 is 2.21 bits per heavy atom. The quantitative estimate of drug-likeness (QED) is 0.673. The lowest BCUT2D eigenvalue weighted by Crippen LogP contribution is -2.48. The van der Waals surface area contributed by atoms with Gasteiger partial charge >= 0.3 is 5.97 Å². The molecule has 160 valence electrons. The Morgan fingerprint density at radius 1 is 0.966 bits per heavy atom. The van der Waals surface area contributed by atoms with Crippen molar-refractivity contribution in [3.05, 3.63) is 30.3 Å². The van der Waals surface area contributed by atoms with E-state index in [1.54, 1.807) is 17.0 Å². The molecule has 0 radical (unpaired) electrons. The molecular weight excluding hydrogens is 372 g/mol. The van der Waals surface area contributed by atoms with Crippen LogP contribution in [0.2, 0.25) is 0 Å². The first-order valence-electron chi connectivity index (χ1n) is 10.4. The van der Waals surface area contributed by atoms with Gasteiger partial charge in [0.2, 0.25) is 0 Å². The van der Waals surface area contributed by atoms with E-state index in [9.17, 15) is 14.4 Å². The Morgan fingerprint density at radius 2 is 1.59 bits per heavy atom. The van der Waals surface area contributed by atoms with Crippen LogP contribution in [0.25, 0.3) is 0 Å². The van der Waals surface area contributed by atoms with Crippen LogP contribution in [-0.2, 0) is 19.1 Å². The number of carbonyl (C=O) groups excluding carboxylic acids is 3. The molecule has 0 aliphatic carbocycles. The minimum atomic E-state index is -0.831. The van der Waals surface area contributed by atoms with Crippen LogP contribution in [0.5, 0.6) is 5.75 Å². The fourth-order valence-electron chi connectivity index (χ4n) is 3.19. The van der Waals surface area contributed by atoms with Gasteiger partial charge in [-0.25, -0.2) is 4.79 Å². The van der Waals surface area contributed by atoms with Gasteiger partial charge in [-0.2, -0.15) is 0 Å². The first kappa shape index (κ1) is 22.7. The number of hydrogen-bond acceptors (Lipinski definition) is 5. The molecule has 1 heterocycles. The molecule has 0 bridgehead atoms. The summed E-state index contributed by atoms with van der Waals surface area (Å²) in [4.78, 5) is 38.8. The highest BCUT2D eigenvalue weighted by atomic mass is 16.5. The maximum absolute atomic E-state index is 12.5. The van der Waals surface area contributed by atoms with Crippen LogP contribution >= 0.6 is 0 Å². The van der Waals surface area contributed by atoms with E-state index in [-0.39, 0.29) is 25.0 Å². The zero-order chi connectivity index (χ0) is 21.1. The number of esters is 1. The Labute approximate surface area is 172 Å². The van der Waals surface area contributed by atoms with E-state index in [0.29, 0.717) is 18.8 Å². The number of nitrogens with one attached hydrogen (secondary N) is 1. The van der Waals surface area contributed by atoms with E-state index in [2.05, 4.69) is 5.32 Å². The lowest BCUT2D eigenvalue weighted by Gasteiger charge is -2.25. The smallest absolute Gasteiger partial charge is 0.329 e. The molecule has 1 aromatic rings. The summed E-state index contributed by atoms with van der Waals surface area (Å²) in [5.74, 6) is -0.806. The average molecular weight is 405 g/mol. The minimum Gasteiger partial charge on any atom is -0.484 e. The first-order chi connectivity index (χ1) is 14.0. The average Bonchev–Trinajstić information content (AvgIpc) is 2.68. The molecule has 0 spiro atoms. The third kappa shape index (κ3) is 8.13. The zero-order valence-electron chi connectivity index (χ0n) is 17.4. The molecule has 0 unspecified atom stereocenters. The number of amides is 2. The second-order valence-corrected chi connectivity index (χ2v) is 7.65. The van der Waals surface area contributed by atoms with Crippen LogP contribution < -0.4 is 10.1 Å². The van der Waals surface area contributed by atoms with Crippen molar-refractivity contribution in [1.29, 1.82) is 0 Å². The number of ether oxygens (including phenoxy) is 2. The Balaban J connectivity index is 1.80. The van der Waals surface area contributed by atoms with Crippen molar-refractivity contribution >= 4 is 17.8 Å². The van der Waals surface area contributed by atoms with E-state index in [4.69, 9.17) is 9.47 Å². The molecule has 2 amide bonds. The number of benzene rings is 1. The highest BCUT2D eigenvalue weighted by Gasteiger charge is 2.27. The summed E-state index contributed by atoms with van der Waals surface area (Å²) < 4.78 is 10.6. The molecule has 1 aliphatic rings. The van der Waals surface area contributed by atoms with Crippen LogP contribution in [0.4, 0.5) is 0 Å². The summed E-state index contributed by atoms with van der Waals surface area (Å²) in [5, 5.41) is 2.64. The molecule has 7 nitrogen and oxygen atoms in total. The molecule has 1 saturated heterocycles. The van der Waals surface area contributed by atoms with Crippen LogP contribution in [-0.4, -0.2) is 55.0 Å². The standard InChI is InChI=1S/C22H32N2O5/c1-17(2)21(23-19(25)15-28-18-11-7-6-8-12-18)22(27)29-16-20(26)24-13-9-4-3-5-10-14-24/h6-8,11-12,17,21H,3-5,9-10,13-16H2,1-2H3,(H,23,25)/t21-/m0/s1. The van der Waals surface area contributed by atoms with E-state index in [1.165, 1.54) is 6.42 Å². The number of nitrogens with zero attached hydrogens (tertiary/aromatic N) is 1. The SMILES string of the molecule is CC(C)[C@H](NC(=O)COc1ccccc1)C(=O)OCC(=O)N1CCCCCCC1. The summed E-state index contributed by atoms with van der Waals surface area (Å²) in [5.41, 5.74) is 0. The van der Waals surface area contributed by atoms with Gasteiger partial charge in [-0.05, 0) is 30.9 Å². The summed E-state index contributed by atoms with van der Waals surface area (Å²) in [6.45, 7) is 4.54. The van der Waals surface area contributed by atoms with Crippen molar-refractivity contribution in [2.75, 3.05) is 26.3 Å². The molecule has 1 N–H and O–H groups in total. The molecule has 1 atom stereocenters. The summed E-state index contributed by atoms with van der Waals surface area (Å²) in [7, 11) is 0. The van der Waals surface area contributed by atoms with Crippen molar-refractivity contribution in [2.45, 2.75) is 52.0 Å². The first-order valence-corrected chi connectivity index (χ1v) is 10.4.